The Morgan fingerprint density at radius 1 is 0.473 bits per heavy atom. The van der Waals surface area contributed by atoms with E-state index in [9.17, 15) is 22.6 Å². The predicted octanol–water partition coefficient (Wildman–Crippen LogP) is 0.916. The van der Waals surface area contributed by atoms with Crippen LogP contribution in [0.15, 0.2) is 42.5 Å². The Bertz CT molecular complexity index is 1050. The SMILES string of the molecule is C=O.C=O.C=O.C=O.C=O.C=O.C=O.C=O.C=O.C=O.O=CCCCCCCCCCCCCC=O.O=S(=O)([O-])OCCOc1ccc2ccccc2c1.[Na+]. The molecular weight excluding hydrogens is 759 g/mol. The van der Waals surface area contributed by atoms with Gasteiger partial charge in [-0.15, -0.1) is 0 Å². The fourth-order valence-corrected chi connectivity index (χ4v) is 3.69. The molecular formula is C36H57NaO17S. The van der Waals surface area contributed by atoms with Crippen LogP contribution in [0.3, 0.4) is 0 Å². The van der Waals surface area contributed by atoms with Crippen LogP contribution in [0.4, 0.5) is 0 Å². The van der Waals surface area contributed by atoms with E-state index in [4.69, 9.17) is 52.7 Å². The quantitative estimate of drug-likeness (QED) is 0.0664. The van der Waals surface area contributed by atoms with E-state index in [1.807, 2.05) is 104 Å². The van der Waals surface area contributed by atoms with Crippen molar-refractivity contribution in [3.63, 3.8) is 0 Å². The van der Waals surface area contributed by atoms with Gasteiger partial charge in [-0.05, 0) is 35.7 Å². The monoisotopic (exact) mass is 816 g/mol. The molecule has 2 rings (SSSR count). The Hall–Kier alpha value is -4.59. The smallest absolute Gasteiger partial charge is 0.726 e. The summed E-state index contributed by atoms with van der Waals surface area (Å²) < 4.78 is 39.9. The van der Waals surface area contributed by atoms with Crippen LogP contribution in [0.5, 0.6) is 5.75 Å². The van der Waals surface area contributed by atoms with Crippen molar-refractivity contribution in [2.24, 2.45) is 0 Å². The van der Waals surface area contributed by atoms with Gasteiger partial charge in [0.1, 0.15) is 92.8 Å². The number of carbonyl (C=O) groups excluding carboxylic acids is 12. The summed E-state index contributed by atoms with van der Waals surface area (Å²) >= 11 is 0. The normalized spacial score (nSPS) is 7.51. The maximum Gasteiger partial charge on any atom is 1.00 e. The number of ether oxygens (including phenoxy) is 1. The molecule has 0 aliphatic carbocycles. The largest absolute Gasteiger partial charge is 1.00 e. The number of carbonyl (C=O) groups is 12. The average molecular weight is 817 g/mol. The second-order valence-corrected chi connectivity index (χ2v) is 9.09. The summed E-state index contributed by atoms with van der Waals surface area (Å²) in [6, 6.07) is 13.3. The first kappa shape index (κ1) is 79.2. The first-order valence-electron chi connectivity index (χ1n) is 14.9. The standard InChI is InChI=1S/C14H26O2.C12H12O5S.10CH2O.Na/c15-13-11-9-7-5-3-1-2-4-6-8-10-12-14-16;13-18(14,15)17-8-7-16-12-6-5-10-3-1-2-4-11(10)9-12;10*1-2;/h13-14H,1-12H2;1-6,9H,7-8H2,(H,13,14,15);10*1H2;/q;;;;;;;;;;;;+1/p-1. The van der Waals surface area contributed by atoms with E-state index in [0.29, 0.717) is 5.75 Å². The zero-order valence-electron chi connectivity index (χ0n) is 32.0. The molecule has 0 saturated heterocycles. The van der Waals surface area contributed by atoms with Gasteiger partial charge in [-0.3, -0.25) is 4.18 Å². The molecule has 0 N–H and O–H groups in total. The minimum absolute atomic E-state index is 0. The molecule has 0 aliphatic heterocycles. The van der Waals surface area contributed by atoms with E-state index in [1.54, 1.807) is 6.07 Å². The third kappa shape index (κ3) is 83.8. The fourth-order valence-electron chi connectivity index (χ4n) is 3.42. The maximum atomic E-state index is 10.2. The van der Waals surface area contributed by atoms with Crippen LogP contribution in [0, 0.1) is 0 Å². The summed E-state index contributed by atoms with van der Waals surface area (Å²) in [5.74, 6) is 0.598. The summed E-state index contributed by atoms with van der Waals surface area (Å²) in [4.78, 5) is 100. The summed E-state index contributed by atoms with van der Waals surface area (Å²) in [7, 11) is -4.64. The van der Waals surface area contributed by atoms with Crippen molar-refractivity contribution < 1.29 is 109 Å². The van der Waals surface area contributed by atoms with Crippen molar-refractivity contribution in [3.05, 3.63) is 42.5 Å². The van der Waals surface area contributed by atoms with Crippen molar-refractivity contribution in [1.29, 1.82) is 0 Å². The molecule has 0 bridgehead atoms. The van der Waals surface area contributed by atoms with Gasteiger partial charge in [-0.2, -0.15) is 0 Å². The molecule has 0 aromatic heterocycles. The van der Waals surface area contributed by atoms with Gasteiger partial charge in [0.15, 0.2) is 0 Å². The van der Waals surface area contributed by atoms with Crippen molar-refractivity contribution in [1.82, 2.24) is 0 Å². The van der Waals surface area contributed by atoms with Crippen molar-refractivity contribution in [2.75, 3.05) is 13.2 Å². The second kappa shape index (κ2) is 92.3. The van der Waals surface area contributed by atoms with Gasteiger partial charge in [0.05, 0.1) is 6.61 Å². The zero-order valence-corrected chi connectivity index (χ0v) is 34.8. The van der Waals surface area contributed by atoms with Gasteiger partial charge in [-0.1, -0.05) is 81.7 Å². The van der Waals surface area contributed by atoms with Gasteiger partial charge in [0.25, 0.3) is 0 Å². The summed E-state index contributed by atoms with van der Waals surface area (Å²) in [5, 5.41) is 2.11. The van der Waals surface area contributed by atoms with E-state index >= 15 is 0 Å². The Balaban J connectivity index is -0.0000000531. The molecule has 17 nitrogen and oxygen atoms in total. The molecule has 2 aromatic rings. The number of benzene rings is 2. The molecule has 55 heavy (non-hydrogen) atoms. The number of aldehydes is 2. The number of hydrogen-bond donors (Lipinski definition) is 0. The first-order valence-corrected chi connectivity index (χ1v) is 16.3. The molecule has 2 aromatic carbocycles. The molecule has 0 fully saturated rings. The molecule has 310 valence electrons. The number of hydrogen-bond acceptors (Lipinski definition) is 17. The minimum atomic E-state index is -4.64. The Kier molecular flexibility index (Phi) is 133. The molecule has 0 aliphatic rings. The van der Waals surface area contributed by atoms with E-state index in [1.165, 1.54) is 51.4 Å². The second-order valence-electron chi connectivity index (χ2n) is 8.03. The van der Waals surface area contributed by atoms with Crippen LogP contribution in [0.1, 0.15) is 77.0 Å². The molecule has 0 radical (unpaired) electrons. The zero-order chi connectivity index (χ0) is 44.9. The van der Waals surface area contributed by atoms with Crippen LogP contribution in [-0.2, 0) is 72.1 Å². The minimum Gasteiger partial charge on any atom is -0.726 e. The van der Waals surface area contributed by atoms with Crippen LogP contribution < -0.4 is 34.3 Å². The van der Waals surface area contributed by atoms with E-state index < -0.39 is 10.4 Å². The molecule has 0 heterocycles. The predicted molar refractivity (Wildman–Crippen MR) is 204 cm³/mol. The Morgan fingerprint density at radius 3 is 1.09 bits per heavy atom. The summed E-state index contributed by atoms with van der Waals surface area (Å²) in [6.07, 6.45) is 15.9. The van der Waals surface area contributed by atoms with Crippen LogP contribution in [-0.4, -0.2) is 107 Å². The van der Waals surface area contributed by atoms with Gasteiger partial charge < -0.3 is 66.8 Å². The van der Waals surface area contributed by atoms with Crippen molar-refractivity contribution >= 4 is 102 Å². The third-order valence-corrected chi connectivity index (χ3v) is 5.65. The average Bonchev–Trinajstić information content (AvgIpc) is 3.27. The molecule has 0 spiro atoms. The van der Waals surface area contributed by atoms with Crippen LogP contribution >= 0.6 is 0 Å². The van der Waals surface area contributed by atoms with Crippen molar-refractivity contribution in [2.45, 2.75) is 77.0 Å². The van der Waals surface area contributed by atoms with Crippen LogP contribution in [0.2, 0.25) is 0 Å². The Morgan fingerprint density at radius 2 is 0.782 bits per heavy atom. The van der Waals surface area contributed by atoms with Gasteiger partial charge in [0.2, 0.25) is 10.4 Å². The molecule has 0 amide bonds. The Labute approximate surface area is 347 Å². The van der Waals surface area contributed by atoms with E-state index in [2.05, 4.69) is 4.18 Å². The van der Waals surface area contributed by atoms with Gasteiger partial charge >= 0.3 is 29.6 Å². The van der Waals surface area contributed by atoms with Gasteiger partial charge in [0, 0.05) is 12.8 Å². The van der Waals surface area contributed by atoms with E-state index in [-0.39, 0.29) is 42.8 Å². The molecule has 0 atom stereocenters. The van der Waals surface area contributed by atoms with Crippen LogP contribution in [0.25, 0.3) is 10.8 Å². The molecule has 19 heteroatoms. The van der Waals surface area contributed by atoms with Gasteiger partial charge in [-0.25, -0.2) is 8.42 Å². The number of rotatable bonds is 18. The molecule has 0 saturated carbocycles. The summed E-state index contributed by atoms with van der Waals surface area (Å²) in [6.45, 7) is 19.7. The first-order chi connectivity index (χ1) is 26.5. The topological polar surface area (TPSA) is 280 Å². The summed E-state index contributed by atoms with van der Waals surface area (Å²) in [5.41, 5.74) is 0. The molecule has 0 unspecified atom stereocenters. The number of fused-ring (bicyclic) bond motifs is 1. The van der Waals surface area contributed by atoms with E-state index in [0.717, 1.165) is 49.0 Å². The number of unbranched alkanes of at least 4 members (excludes halogenated alkanes) is 11. The maximum absolute atomic E-state index is 10.2. The third-order valence-electron chi connectivity index (χ3n) is 5.19. The fraction of sp³-hybridized carbons (Fsp3) is 0.389. The van der Waals surface area contributed by atoms with Crippen molar-refractivity contribution in [3.8, 4) is 5.75 Å².